The summed E-state index contributed by atoms with van der Waals surface area (Å²) in [6.07, 6.45) is 3.55. The lowest BCUT2D eigenvalue weighted by Crippen LogP contribution is -2.14. The van der Waals surface area contributed by atoms with Crippen molar-refractivity contribution in [2.75, 3.05) is 7.11 Å². The average Bonchev–Trinajstić information content (AvgIpc) is 2.30. The zero-order chi connectivity index (χ0) is 12.0. The Kier molecular flexibility index (Phi) is 5.89. The molecule has 0 saturated carbocycles. The highest BCUT2D eigenvalue weighted by Gasteiger charge is 2.15. The summed E-state index contributed by atoms with van der Waals surface area (Å²) in [7, 11) is 1.73. The Morgan fingerprint density at radius 3 is 2.62 bits per heavy atom. The molecule has 0 radical (unpaired) electrons. The van der Waals surface area contributed by atoms with E-state index in [-0.39, 0.29) is 0 Å². The SMILES string of the molecule is CCCC(C)C(Br)Cc1ccccc1OC. The van der Waals surface area contributed by atoms with Crippen molar-refractivity contribution in [2.24, 2.45) is 5.92 Å². The second kappa shape index (κ2) is 6.95. The van der Waals surface area contributed by atoms with Crippen LogP contribution in [0.15, 0.2) is 24.3 Å². The summed E-state index contributed by atoms with van der Waals surface area (Å²) in [6.45, 7) is 4.54. The molecule has 2 unspecified atom stereocenters. The zero-order valence-corrected chi connectivity index (χ0v) is 12.0. The van der Waals surface area contributed by atoms with Crippen LogP contribution in [0.2, 0.25) is 0 Å². The lowest BCUT2D eigenvalue weighted by molar-refractivity contribution is 0.406. The summed E-state index contributed by atoms with van der Waals surface area (Å²) in [6, 6.07) is 8.26. The van der Waals surface area contributed by atoms with Gasteiger partial charge in [-0.2, -0.15) is 0 Å². The summed E-state index contributed by atoms with van der Waals surface area (Å²) in [5.41, 5.74) is 1.29. The molecule has 0 N–H and O–H groups in total. The topological polar surface area (TPSA) is 9.23 Å². The number of rotatable bonds is 6. The van der Waals surface area contributed by atoms with Crippen LogP contribution in [0.25, 0.3) is 0 Å². The van der Waals surface area contributed by atoms with E-state index >= 15 is 0 Å². The first kappa shape index (κ1) is 13.6. The lowest BCUT2D eigenvalue weighted by Gasteiger charge is -2.18. The second-order valence-electron chi connectivity index (χ2n) is 4.30. The fourth-order valence-electron chi connectivity index (χ4n) is 1.92. The molecule has 0 fully saturated rings. The average molecular weight is 285 g/mol. The van der Waals surface area contributed by atoms with Gasteiger partial charge in [0, 0.05) is 4.83 Å². The molecule has 1 nitrogen and oxygen atoms in total. The molecule has 2 atom stereocenters. The first-order chi connectivity index (χ1) is 7.69. The molecule has 0 saturated heterocycles. The van der Waals surface area contributed by atoms with E-state index in [0.29, 0.717) is 10.7 Å². The van der Waals surface area contributed by atoms with E-state index in [1.807, 2.05) is 12.1 Å². The van der Waals surface area contributed by atoms with Crippen LogP contribution < -0.4 is 4.74 Å². The summed E-state index contributed by atoms with van der Waals surface area (Å²) >= 11 is 3.79. The predicted molar refractivity (Wildman–Crippen MR) is 73.5 cm³/mol. The fourth-order valence-corrected chi connectivity index (χ4v) is 2.53. The van der Waals surface area contributed by atoms with Gasteiger partial charge in [-0.1, -0.05) is 54.4 Å². The lowest BCUT2D eigenvalue weighted by atomic mass is 9.96. The Morgan fingerprint density at radius 2 is 2.00 bits per heavy atom. The predicted octanol–water partition coefficient (Wildman–Crippen LogP) is 4.44. The number of alkyl halides is 1. The number of benzene rings is 1. The molecule has 0 aliphatic carbocycles. The van der Waals surface area contributed by atoms with Gasteiger partial charge in [0.2, 0.25) is 0 Å². The Morgan fingerprint density at radius 1 is 1.31 bits per heavy atom. The zero-order valence-electron chi connectivity index (χ0n) is 10.4. The number of halogens is 1. The van der Waals surface area contributed by atoms with Gasteiger partial charge in [-0.05, 0) is 30.4 Å². The minimum atomic E-state index is 0.531. The van der Waals surface area contributed by atoms with Gasteiger partial charge in [-0.3, -0.25) is 0 Å². The molecule has 0 aliphatic rings. The molecule has 0 aliphatic heterocycles. The Hall–Kier alpha value is -0.500. The van der Waals surface area contributed by atoms with Crippen LogP contribution in [0, 0.1) is 5.92 Å². The van der Waals surface area contributed by atoms with Crippen LogP contribution in [0.3, 0.4) is 0 Å². The Balaban J connectivity index is 2.64. The van der Waals surface area contributed by atoms with Crippen molar-refractivity contribution in [3.63, 3.8) is 0 Å². The molecule has 90 valence electrons. The van der Waals surface area contributed by atoms with Crippen molar-refractivity contribution in [3.8, 4) is 5.75 Å². The van der Waals surface area contributed by atoms with Gasteiger partial charge in [0.05, 0.1) is 7.11 Å². The van der Waals surface area contributed by atoms with Gasteiger partial charge in [0.1, 0.15) is 5.75 Å². The van der Waals surface area contributed by atoms with Crippen molar-refractivity contribution in [1.29, 1.82) is 0 Å². The van der Waals surface area contributed by atoms with Crippen LogP contribution in [0.1, 0.15) is 32.3 Å². The quantitative estimate of drug-likeness (QED) is 0.702. The van der Waals surface area contributed by atoms with Crippen LogP contribution in [-0.4, -0.2) is 11.9 Å². The van der Waals surface area contributed by atoms with Crippen LogP contribution in [0.5, 0.6) is 5.75 Å². The molecule has 0 aromatic heterocycles. The van der Waals surface area contributed by atoms with Crippen molar-refractivity contribution in [1.82, 2.24) is 0 Å². The maximum atomic E-state index is 5.37. The first-order valence-electron chi connectivity index (χ1n) is 5.95. The molecule has 0 bridgehead atoms. The number of methoxy groups -OCH3 is 1. The van der Waals surface area contributed by atoms with E-state index in [1.165, 1.54) is 18.4 Å². The van der Waals surface area contributed by atoms with E-state index in [9.17, 15) is 0 Å². The Bertz CT molecular complexity index is 311. The van der Waals surface area contributed by atoms with Gasteiger partial charge in [-0.15, -0.1) is 0 Å². The van der Waals surface area contributed by atoms with Crippen LogP contribution in [0.4, 0.5) is 0 Å². The van der Waals surface area contributed by atoms with Crippen molar-refractivity contribution in [3.05, 3.63) is 29.8 Å². The normalized spacial score (nSPS) is 14.5. The molecule has 0 heterocycles. The number of ether oxygens (including phenoxy) is 1. The highest BCUT2D eigenvalue weighted by Crippen LogP contribution is 2.26. The van der Waals surface area contributed by atoms with Crippen molar-refractivity contribution >= 4 is 15.9 Å². The first-order valence-corrected chi connectivity index (χ1v) is 6.86. The van der Waals surface area contributed by atoms with Gasteiger partial charge in [-0.25, -0.2) is 0 Å². The molecule has 0 amide bonds. The van der Waals surface area contributed by atoms with Gasteiger partial charge < -0.3 is 4.74 Å². The molecular formula is C14H21BrO. The molecule has 1 rings (SSSR count). The summed E-state index contributed by atoms with van der Waals surface area (Å²) < 4.78 is 5.37. The van der Waals surface area contributed by atoms with Gasteiger partial charge >= 0.3 is 0 Å². The standard InChI is InChI=1S/C14H21BrO/c1-4-7-11(2)13(15)10-12-8-5-6-9-14(12)16-3/h5-6,8-9,11,13H,4,7,10H2,1-3H3. The van der Waals surface area contributed by atoms with E-state index in [4.69, 9.17) is 4.74 Å². The largest absolute Gasteiger partial charge is 0.496 e. The van der Waals surface area contributed by atoms with Crippen molar-refractivity contribution in [2.45, 2.75) is 37.9 Å². The van der Waals surface area contributed by atoms with Crippen LogP contribution in [-0.2, 0) is 6.42 Å². The fraction of sp³-hybridized carbons (Fsp3) is 0.571. The third kappa shape index (κ3) is 3.82. The van der Waals surface area contributed by atoms with E-state index in [1.54, 1.807) is 7.11 Å². The van der Waals surface area contributed by atoms with E-state index in [0.717, 1.165) is 12.2 Å². The monoisotopic (exact) mass is 284 g/mol. The van der Waals surface area contributed by atoms with Crippen molar-refractivity contribution < 1.29 is 4.74 Å². The molecule has 0 spiro atoms. The van der Waals surface area contributed by atoms with Crippen LogP contribution >= 0.6 is 15.9 Å². The number of para-hydroxylation sites is 1. The third-order valence-electron chi connectivity index (χ3n) is 2.97. The number of hydrogen-bond acceptors (Lipinski definition) is 1. The van der Waals surface area contributed by atoms with Gasteiger partial charge in [0.15, 0.2) is 0 Å². The van der Waals surface area contributed by atoms with E-state index < -0.39 is 0 Å². The smallest absolute Gasteiger partial charge is 0.122 e. The maximum absolute atomic E-state index is 5.37. The van der Waals surface area contributed by atoms with E-state index in [2.05, 4.69) is 41.9 Å². The Labute approximate surface area is 107 Å². The molecule has 1 aromatic carbocycles. The van der Waals surface area contributed by atoms with Gasteiger partial charge in [0.25, 0.3) is 0 Å². The molecular weight excluding hydrogens is 264 g/mol. The maximum Gasteiger partial charge on any atom is 0.122 e. The highest BCUT2D eigenvalue weighted by molar-refractivity contribution is 9.09. The summed E-state index contributed by atoms with van der Waals surface area (Å²) in [5, 5.41) is 0. The summed E-state index contributed by atoms with van der Waals surface area (Å²) in [4.78, 5) is 0.531. The highest BCUT2D eigenvalue weighted by atomic mass is 79.9. The second-order valence-corrected chi connectivity index (χ2v) is 5.47. The molecule has 1 aromatic rings. The molecule has 16 heavy (non-hydrogen) atoms. The minimum absolute atomic E-state index is 0.531. The molecule has 2 heteroatoms. The third-order valence-corrected chi connectivity index (χ3v) is 4.20. The number of hydrogen-bond donors (Lipinski definition) is 0. The summed E-state index contributed by atoms with van der Waals surface area (Å²) in [5.74, 6) is 1.70. The minimum Gasteiger partial charge on any atom is -0.496 e.